The molecule has 0 fully saturated rings. The Morgan fingerprint density at radius 3 is 2.47 bits per heavy atom. The van der Waals surface area contributed by atoms with Crippen LogP contribution in [0.15, 0.2) is 48.5 Å². The van der Waals surface area contributed by atoms with Crippen LogP contribution in [0.25, 0.3) is 0 Å². The summed E-state index contributed by atoms with van der Waals surface area (Å²) in [5.74, 6) is -0.547. The van der Waals surface area contributed by atoms with Gasteiger partial charge in [0.05, 0.1) is 5.56 Å². The topological polar surface area (TPSA) is 63.3 Å². The first kappa shape index (κ1) is 13.1. The van der Waals surface area contributed by atoms with Gasteiger partial charge in [0.1, 0.15) is 0 Å². The van der Waals surface area contributed by atoms with E-state index in [0.717, 1.165) is 17.7 Å². The molecule has 0 amide bonds. The van der Waals surface area contributed by atoms with Gasteiger partial charge >= 0.3 is 5.97 Å². The molecule has 1 unspecified atom stereocenters. The van der Waals surface area contributed by atoms with Gasteiger partial charge in [-0.2, -0.15) is 0 Å². The second kappa shape index (κ2) is 5.57. The molecule has 0 saturated heterocycles. The summed E-state index contributed by atoms with van der Waals surface area (Å²) in [6.45, 7) is 2.14. The predicted molar refractivity (Wildman–Crippen MR) is 76.4 cm³/mol. The average molecular weight is 255 g/mol. The van der Waals surface area contributed by atoms with E-state index in [1.54, 1.807) is 12.1 Å². The van der Waals surface area contributed by atoms with Crippen molar-refractivity contribution < 1.29 is 9.90 Å². The predicted octanol–water partition coefficient (Wildman–Crippen LogP) is 3.31. The SMILES string of the molecule is CC(Cc1ccc(C(=O)O)cc1)c1cccc(N)c1. The molecule has 1 atom stereocenters. The van der Waals surface area contributed by atoms with Crippen LogP contribution in [0.2, 0.25) is 0 Å². The molecule has 3 N–H and O–H groups in total. The van der Waals surface area contributed by atoms with Gasteiger partial charge in [0, 0.05) is 5.69 Å². The molecule has 0 aliphatic rings. The minimum absolute atomic E-state index is 0.320. The monoisotopic (exact) mass is 255 g/mol. The van der Waals surface area contributed by atoms with Crippen molar-refractivity contribution in [3.63, 3.8) is 0 Å². The van der Waals surface area contributed by atoms with Crippen molar-refractivity contribution in [2.24, 2.45) is 0 Å². The zero-order chi connectivity index (χ0) is 13.8. The summed E-state index contributed by atoms with van der Waals surface area (Å²) in [4.78, 5) is 10.8. The van der Waals surface area contributed by atoms with Gasteiger partial charge in [-0.3, -0.25) is 0 Å². The fourth-order valence-corrected chi connectivity index (χ4v) is 2.12. The van der Waals surface area contributed by atoms with E-state index in [0.29, 0.717) is 11.5 Å². The highest BCUT2D eigenvalue weighted by atomic mass is 16.4. The first-order valence-electron chi connectivity index (χ1n) is 6.24. The molecular formula is C16H17NO2. The Morgan fingerprint density at radius 1 is 1.21 bits per heavy atom. The first-order valence-corrected chi connectivity index (χ1v) is 6.24. The Morgan fingerprint density at radius 2 is 1.89 bits per heavy atom. The maximum absolute atomic E-state index is 10.8. The van der Waals surface area contributed by atoms with E-state index >= 15 is 0 Å². The zero-order valence-electron chi connectivity index (χ0n) is 10.8. The number of nitrogens with two attached hydrogens (primary N) is 1. The molecule has 2 aromatic rings. The van der Waals surface area contributed by atoms with Gasteiger partial charge < -0.3 is 10.8 Å². The number of carboxylic acid groups (broad SMARTS) is 1. The lowest BCUT2D eigenvalue weighted by Crippen LogP contribution is -2.01. The van der Waals surface area contributed by atoms with Crippen molar-refractivity contribution in [3.05, 3.63) is 65.2 Å². The zero-order valence-corrected chi connectivity index (χ0v) is 10.8. The number of rotatable bonds is 4. The van der Waals surface area contributed by atoms with Crippen LogP contribution in [0.3, 0.4) is 0 Å². The normalized spacial score (nSPS) is 12.1. The van der Waals surface area contributed by atoms with Gasteiger partial charge in [-0.05, 0) is 47.7 Å². The van der Waals surface area contributed by atoms with Crippen LogP contribution in [0.4, 0.5) is 5.69 Å². The van der Waals surface area contributed by atoms with Gasteiger partial charge in [-0.1, -0.05) is 31.2 Å². The quantitative estimate of drug-likeness (QED) is 0.824. The van der Waals surface area contributed by atoms with E-state index in [2.05, 4.69) is 13.0 Å². The van der Waals surface area contributed by atoms with E-state index in [9.17, 15) is 4.79 Å². The van der Waals surface area contributed by atoms with Crippen LogP contribution in [0, 0.1) is 0 Å². The second-order valence-electron chi connectivity index (χ2n) is 4.78. The number of carboxylic acids is 1. The van der Waals surface area contributed by atoms with Crippen LogP contribution in [-0.4, -0.2) is 11.1 Å². The Hall–Kier alpha value is -2.29. The Kier molecular flexibility index (Phi) is 3.85. The maximum atomic E-state index is 10.8. The highest BCUT2D eigenvalue weighted by Crippen LogP contribution is 2.22. The molecule has 3 heteroatoms. The molecule has 98 valence electrons. The lowest BCUT2D eigenvalue weighted by atomic mass is 9.93. The largest absolute Gasteiger partial charge is 0.478 e. The lowest BCUT2D eigenvalue weighted by molar-refractivity contribution is 0.0697. The average Bonchev–Trinajstić information content (AvgIpc) is 2.39. The highest BCUT2D eigenvalue weighted by Gasteiger charge is 2.08. The van der Waals surface area contributed by atoms with Crippen molar-refractivity contribution in [2.75, 3.05) is 5.73 Å². The number of anilines is 1. The molecule has 0 saturated carbocycles. The van der Waals surface area contributed by atoms with Gasteiger partial charge in [0.25, 0.3) is 0 Å². The standard InChI is InChI=1S/C16H17NO2/c1-11(14-3-2-4-15(17)10-14)9-12-5-7-13(8-6-12)16(18)19/h2-8,10-11H,9,17H2,1H3,(H,18,19). The third-order valence-electron chi connectivity index (χ3n) is 3.22. The van der Waals surface area contributed by atoms with Crippen LogP contribution in [0.5, 0.6) is 0 Å². The minimum atomic E-state index is -0.893. The molecule has 0 aliphatic heterocycles. The van der Waals surface area contributed by atoms with Crippen LogP contribution >= 0.6 is 0 Å². The molecule has 0 bridgehead atoms. The summed E-state index contributed by atoms with van der Waals surface area (Å²) >= 11 is 0. The third-order valence-corrected chi connectivity index (χ3v) is 3.22. The van der Waals surface area contributed by atoms with Crippen LogP contribution in [0.1, 0.15) is 34.3 Å². The van der Waals surface area contributed by atoms with Gasteiger partial charge in [-0.15, -0.1) is 0 Å². The summed E-state index contributed by atoms with van der Waals surface area (Å²) in [6.07, 6.45) is 0.864. The second-order valence-corrected chi connectivity index (χ2v) is 4.78. The summed E-state index contributed by atoms with van der Waals surface area (Å²) in [6, 6.07) is 14.9. The fraction of sp³-hybridized carbons (Fsp3) is 0.188. The molecule has 3 nitrogen and oxygen atoms in total. The molecule has 0 spiro atoms. The number of benzene rings is 2. The molecule has 0 radical (unpaired) electrons. The number of nitrogen functional groups attached to an aromatic ring is 1. The third kappa shape index (κ3) is 3.35. The molecule has 2 rings (SSSR count). The molecule has 2 aromatic carbocycles. The van der Waals surface area contributed by atoms with E-state index < -0.39 is 5.97 Å². The van der Waals surface area contributed by atoms with Crippen molar-refractivity contribution >= 4 is 11.7 Å². The van der Waals surface area contributed by atoms with Gasteiger partial charge in [-0.25, -0.2) is 4.79 Å². The van der Waals surface area contributed by atoms with Crippen molar-refractivity contribution in [2.45, 2.75) is 19.3 Å². The fourth-order valence-electron chi connectivity index (χ4n) is 2.12. The van der Waals surface area contributed by atoms with Crippen LogP contribution in [-0.2, 0) is 6.42 Å². The van der Waals surface area contributed by atoms with Crippen molar-refractivity contribution in [1.29, 1.82) is 0 Å². The molecule has 0 heterocycles. The van der Waals surface area contributed by atoms with Gasteiger partial charge in [0.2, 0.25) is 0 Å². The summed E-state index contributed by atoms with van der Waals surface area (Å²) in [5, 5.41) is 8.85. The van der Waals surface area contributed by atoms with E-state index in [-0.39, 0.29) is 0 Å². The molecule has 0 aromatic heterocycles. The van der Waals surface area contributed by atoms with E-state index in [4.69, 9.17) is 10.8 Å². The Bertz CT molecular complexity index is 576. The Balaban J connectivity index is 2.10. The highest BCUT2D eigenvalue weighted by molar-refractivity contribution is 5.87. The molecular weight excluding hydrogens is 238 g/mol. The lowest BCUT2D eigenvalue weighted by Gasteiger charge is -2.12. The molecule has 19 heavy (non-hydrogen) atoms. The Labute approximate surface area is 112 Å². The van der Waals surface area contributed by atoms with Gasteiger partial charge in [0.15, 0.2) is 0 Å². The number of hydrogen-bond acceptors (Lipinski definition) is 2. The number of carbonyl (C=O) groups is 1. The van der Waals surface area contributed by atoms with E-state index in [1.807, 2.05) is 30.3 Å². The first-order chi connectivity index (χ1) is 9.06. The van der Waals surface area contributed by atoms with Crippen molar-refractivity contribution in [3.8, 4) is 0 Å². The van der Waals surface area contributed by atoms with E-state index in [1.165, 1.54) is 5.56 Å². The smallest absolute Gasteiger partial charge is 0.335 e. The summed E-state index contributed by atoms with van der Waals surface area (Å²) in [7, 11) is 0. The van der Waals surface area contributed by atoms with Crippen LogP contribution < -0.4 is 5.73 Å². The number of hydrogen-bond donors (Lipinski definition) is 2. The summed E-state index contributed by atoms with van der Waals surface area (Å²) < 4.78 is 0. The molecule has 0 aliphatic carbocycles. The summed E-state index contributed by atoms with van der Waals surface area (Å²) in [5.41, 5.74) is 9.19. The van der Waals surface area contributed by atoms with Crippen molar-refractivity contribution in [1.82, 2.24) is 0 Å². The number of aromatic carboxylic acids is 1. The minimum Gasteiger partial charge on any atom is -0.478 e. The maximum Gasteiger partial charge on any atom is 0.335 e.